The summed E-state index contributed by atoms with van der Waals surface area (Å²) >= 11 is 0. The van der Waals surface area contributed by atoms with Crippen LogP contribution in [0.1, 0.15) is 49.7 Å². The Morgan fingerprint density at radius 2 is 1.75 bits per heavy atom. The van der Waals surface area contributed by atoms with Crippen LogP contribution in [-0.2, 0) is 26.3 Å². The third-order valence-corrected chi connectivity index (χ3v) is 7.54. The van der Waals surface area contributed by atoms with Gasteiger partial charge in [-0.1, -0.05) is 42.5 Å². The van der Waals surface area contributed by atoms with E-state index >= 15 is 0 Å². The van der Waals surface area contributed by atoms with Crippen LogP contribution in [0.3, 0.4) is 0 Å². The number of carbonyl (C=O) groups excluding carboxylic acids is 1. The fourth-order valence-electron chi connectivity index (χ4n) is 5.34. The van der Waals surface area contributed by atoms with Crippen LogP contribution in [0.15, 0.2) is 54.6 Å². The second-order valence-electron chi connectivity index (χ2n) is 9.55. The van der Waals surface area contributed by atoms with E-state index in [9.17, 15) is 4.79 Å². The Bertz CT molecular complexity index is 914. The minimum atomic E-state index is -0.328. The molecule has 5 nitrogen and oxygen atoms in total. The standard InChI is InChI=1S/C27H33NO4/c1-30-23-9-7-22(8-10-23)27(12-13-27)25(29)28-16-14-26(15-17-28)19-24(11-18-32-26)31-20-21-5-3-2-4-6-21/h2-10,24H,11-20H2,1H3. The Labute approximate surface area is 190 Å². The molecule has 2 heterocycles. The number of benzene rings is 2. The summed E-state index contributed by atoms with van der Waals surface area (Å²) < 4.78 is 17.8. The molecule has 1 unspecified atom stereocenters. The molecule has 2 aromatic carbocycles. The highest BCUT2D eigenvalue weighted by Crippen LogP contribution is 2.50. The highest BCUT2D eigenvalue weighted by Gasteiger charge is 2.54. The van der Waals surface area contributed by atoms with E-state index in [0.717, 1.165) is 69.5 Å². The smallest absolute Gasteiger partial charge is 0.233 e. The second kappa shape index (κ2) is 8.87. The average molecular weight is 436 g/mol. The van der Waals surface area contributed by atoms with Gasteiger partial charge in [-0.25, -0.2) is 0 Å². The summed E-state index contributed by atoms with van der Waals surface area (Å²) in [7, 11) is 1.67. The summed E-state index contributed by atoms with van der Waals surface area (Å²) in [6, 6.07) is 18.4. The number of nitrogens with zero attached hydrogens (tertiary/aromatic N) is 1. The molecule has 2 saturated heterocycles. The number of piperidine rings is 1. The summed E-state index contributed by atoms with van der Waals surface area (Å²) in [6.07, 6.45) is 5.74. The van der Waals surface area contributed by atoms with Gasteiger partial charge in [0, 0.05) is 26.1 Å². The summed E-state index contributed by atoms with van der Waals surface area (Å²) in [4.78, 5) is 15.5. The molecule has 2 aromatic rings. The maximum absolute atomic E-state index is 13.5. The predicted molar refractivity (Wildman–Crippen MR) is 123 cm³/mol. The lowest BCUT2D eigenvalue weighted by Crippen LogP contribution is -2.53. The van der Waals surface area contributed by atoms with Gasteiger partial charge in [-0.2, -0.15) is 0 Å². The Morgan fingerprint density at radius 1 is 1.03 bits per heavy atom. The van der Waals surface area contributed by atoms with Crippen molar-refractivity contribution in [1.29, 1.82) is 0 Å². The maximum Gasteiger partial charge on any atom is 0.233 e. The molecule has 2 aliphatic heterocycles. The van der Waals surface area contributed by atoms with Crippen LogP contribution in [0, 0.1) is 0 Å². The first-order valence-electron chi connectivity index (χ1n) is 11.9. The van der Waals surface area contributed by atoms with E-state index in [-0.39, 0.29) is 23.0 Å². The highest BCUT2D eigenvalue weighted by molar-refractivity contribution is 5.91. The van der Waals surface area contributed by atoms with Gasteiger partial charge in [0.25, 0.3) is 0 Å². The third kappa shape index (κ3) is 4.28. The van der Waals surface area contributed by atoms with Crippen molar-refractivity contribution in [3.8, 4) is 5.75 Å². The lowest BCUT2D eigenvalue weighted by molar-refractivity contribution is -0.164. The molecule has 0 radical (unpaired) electrons. The molecule has 1 atom stereocenters. The van der Waals surface area contributed by atoms with Crippen molar-refractivity contribution in [2.24, 2.45) is 0 Å². The summed E-state index contributed by atoms with van der Waals surface area (Å²) in [5.41, 5.74) is 1.85. The Hall–Kier alpha value is -2.37. The molecule has 0 bridgehead atoms. The molecule has 170 valence electrons. The van der Waals surface area contributed by atoms with E-state index in [1.54, 1.807) is 7.11 Å². The highest BCUT2D eigenvalue weighted by atomic mass is 16.5. The summed E-state index contributed by atoms with van der Waals surface area (Å²) in [5, 5.41) is 0. The number of carbonyl (C=O) groups is 1. The molecule has 5 rings (SSSR count). The molecule has 1 saturated carbocycles. The number of rotatable bonds is 6. The zero-order chi connectivity index (χ0) is 22.0. The van der Waals surface area contributed by atoms with Crippen LogP contribution in [-0.4, -0.2) is 49.3 Å². The fourth-order valence-corrected chi connectivity index (χ4v) is 5.34. The van der Waals surface area contributed by atoms with Crippen LogP contribution >= 0.6 is 0 Å². The van der Waals surface area contributed by atoms with E-state index in [1.165, 1.54) is 5.56 Å². The van der Waals surface area contributed by atoms with E-state index < -0.39 is 0 Å². The zero-order valence-electron chi connectivity index (χ0n) is 18.9. The largest absolute Gasteiger partial charge is 0.497 e. The van der Waals surface area contributed by atoms with Crippen LogP contribution in [0.4, 0.5) is 0 Å². The van der Waals surface area contributed by atoms with Gasteiger partial charge in [-0.15, -0.1) is 0 Å². The number of hydrogen-bond donors (Lipinski definition) is 0. The first-order valence-corrected chi connectivity index (χ1v) is 11.9. The molecule has 32 heavy (non-hydrogen) atoms. The van der Waals surface area contributed by atoms with Crippen molar-refractivity contribution >= 4 is 5.91 Å². The quantitative estimate of drug-likeness (QED) is 0.671. The maximum atomic E-state index is 13.5. The topological polar surface area (TPSA) is 48.0 Å². The van der Waals surface area contributed by atoms with Crippen molar-refractivity contribution < 1.29 is 19.0 Å². The number of methoxy groups -OCH3 is 1. The molecular formula is C27H33NO4. The van der Waals surface area contributed by atoms with Gasteiger partial charge < -0.3 is 19.1 Å². The van der Waals surface area contributed by atoms with Crippen LogP contribution in [0.25, 0.3) is 0 Å². The first kappa shape index (κ1) is 21.5. The van der Waals surface area contributed by atoms with Gasteiger partial charge in [0.1, 0.15) is 5.75 Å². The number of amides is 1. The molecule has 3 aliphatic rings. The van der Waals surface area contributed by atoms with E-state index in [4.69, 9.17) is 14.2 Å². The van der Waals surface area contributed by atoms with Crippen molar-refractivity contribution in [3.63, 3.8) is 0 Å². The first-order chi connectivity index (χ1) is 15.6. The normalized spacial score (nSPS) is 23.7. The molecule has 0 aromatic heterocycles. The van der Waals surface area contributed by atoms with Crippen molar-refractivity contribution in [1.82, 2.24) is 4.90 Å². The van der Waals surface area contributed by atoms with Gasteiger partial charge in [0.2, 0.25) is 5.91 Å². The van der Waals surface area contributed by atoms with E-state index in [0.29, 0.717) is 6.61 Å². The molecule has 0 N–H and O–H groups in total. The van der Waals surface area contributed by atoms with Crippen molar-refractivity contribution in [2.45, 2.75) is 62.3 Å². The average Bonchev–Trinajstić information content (AvgIpc) is 3.66. The predicted octanol–water partition coefficient (Wildman–Crippen LogP) is 4.48. The Morgan fingerprint density at radius 3 is 2.41 bits per heavy atom. The summed E-state index contributed by atoms with van der Waals surface area (Å²) in [6.45, 7) is 2.92. The lowest BCUT2D eigenvalue weighted by Gasteiger charge is -2.46. The van der Waals surface area contributed by atoms with Gasteiger partial charge in [-0.3, -0.25) is 4.79 Å². The number of likely N-dealkylation sites (tertiary alicyclic amines) is 1. The van der Waals surface area contributed by atoms with Crippen molar-refractivity contribution in [2.75, 3.05) is 26.8 Å². The van der Waals surface area contributed by atoms with Crippen molar-refractivity contribution in [3.05, 3.63) is 65.7 Å². The molecule has 1 amide bonds. The second-order valence-corrected chi connectivity index (χ2v) is 9.55. The molecule has 1 spiro atoms. The molecule has 5 heteroatoms. The number of hydrogen-bond acceptors (Lipinski definition) is 4. The lowest BCUT2D eigenvalue weighted by atomic mass is 9.82. The molecular weight excluding hydrogens is 402 g/mol. The molecule has 3 fully saturated rings. The summed E-state index contributed by atoms with van der Waals surface area (Å²) in [5.74, 6) is 1.11. The SMILES string of the molecule is COc1ccc(C2(C(=O)N3CCC4(CC3)CC(OCc3ccccc3)CCO4)CC2)cc1. The minimum Gasteiger partial charge on any atom is -0.497 e. The zero-order valence-corrected chi connectivity index (χ0v) is 18.9. The van der Waals surface area contributed by atoms with Crippen LogP contribution < -0.4 is 4.74 Å². The van der Waals surface area contributed by atoms with Gasteiger partial charge in [0.05, 0.1) is 30.8 Å². The van der Waals surface area contributed by atoms with Crippen LogP contribution in [0.2, 0.25) is 0 Å². The Balaban J connectivity index is 1.17. The fraction of sp³-hybridized carbons (Fsp3) is 0.519. The van der Waals surface area contributed by atoms with E-state index in [1.807, 2.05) is 30.3 Å². The van der Waals surface area contributed by atoms with E-state index in [2.05, 4.69) is 29.2 Å². The molecule has 1 aliphatic carbocycles. The number of ether oxygens (including phenoxy) is 3. The third-order valence-electron chi connectivity index (χ3n) is 7.54. The van der Waals surface area contributed by atoms with Crippen LogP contribution in [0.5, 0.6) is 5.75 Å². The minimum absolute atomic E-state index is 0.146. The van der Waals surface area contributed by atoms with Gasteiger partial charge in [0.15, 0.2) is 0 Å². The van der Waals surface area contributed by atoms with Gasteiger partial charge in [-0.05, 0) is 55.4 Å². The Kier molecular flexibility index (Phi) is 5.95. The van der Waals surface area contributed by atoms with Gasteiger partial charge >= 0.3 is 0 Å². The monoisotopic (exact) mass is 435 g/mol.